The highest BCUT2D eigenvalue weighted by Gasteiger charge is 2.16. The van der Waals surface area contributed by atoms with E-state index in [0.29, 0.717) is 25.7 Å². The Morgan fingerprint density at radius 1 is 0.800 bits per heavy atom. The Labute approximate surface area is 136 Å². The van der Waals surface area contributed by atoms with E-state index in [0.717, 1.165) is 16.5 Å². The molecule has 0 aliphatic rings. The van der Waals surface area contributed by atoms with Gasteiger partial charge in [0.05, 0.1) is 25.6 Å². The van der Waals surface area contributed by atoms with Gasteiger partial charge in [-0.3, -0.25) is 4.98 Å². The number of benzene rings is 2. The first-order chi connectivity index (χ1) is 9.58. The first-order valence-electron chi connectivity index (χ1n) is 5.76. The fourth-order valence-electron chi connectivity index (χ4n) is 2.03. The third-order valence-electron chi connectivity index (χ3n) is 2.99. The molecule has 0 unspecified atom stereocenters. The van der Waals surface area contributed by atoms with Gasteiger partial charge in [0.15, 0.2) is 0 Å². The molecular weight excluding hydrogens is 336 g/mol. The van der Waals surface area contributed by atoms with Gasteiger partial charge in [-0.05, 0) is 18.2 Å². The minimum atomic E-state index is 0.365. The molecule has 1 aromatic heterocycles. The summed E-state index contributed by atoms with van der Waals surface area (Å²) < 4.78 is 0. The lowest BCUT2D eigenvalue weighted by molar-refractivity contribution is 1.41. The van der Waals surface area contributed by atoms with Crippen molar-refractivity contribution in [1.29, 1.82) is 0 Å². The molecule has 3 aromatic rings. The van der Waals surface area contributed by atoms with Crippen LogP contribution >= 0.6 is 46.4 Å². The van der Waals surface area contributed by atoms with Crippen LogP contribution in [-0.4, -0.2) is 4.98 Å². The third kappa shape index (κ3) is 2.36. The van der Waals surface area contributed by atoms with Crippen molar-refractivity contribution in [3.8, 4) is 11.1 Å². The van der Waals surface area contributed by atoms with Gasteiger partial charge in [0.1, 0.15) is 0 Å². The number of pyridine rings is 1. The van der Waals surface area contributed by atoms with Crippen LogP contribution in [0.1, 0.15) is 0 Å². The molecule has 0 amide bonds. The minimum absolute atomic E-state index is 0.365. The average Bonchev–Trinajstić information content (AvgIpc) is 2.45. The number of rotatable bonds is 1. The van der Waals surface area contributed by atoms with Gasteiger partial charge in [0, 0.05) is 22.7 Å². The monoisotopic (exact) mass is 341 g/mol. The van der Waals surface area contributed by atoms with E-state index in [1.54, 1.807) is 6.20 Å². The van der Waals surface area contributed by atoms with E-state index < -0.39 is 0 Å². The molecule has 1 nitrogen and oxygen atoms in total. The van der Waals surface area contributed by atoms with E-state index in [1.165, 1.54) is 6.07 Å². The molecule has 0 saturated heterocycles. The molecule has 100 valence electrons. The largest absolute Gasteiger partial charge is 0.256 e. The van der Waals surface area contributed by atoms with Crippen LogP contribution in [0.5, 0.6) is 0 Å². The van der Waals surface area contributed by atoms with E-state index in [1.807, 2.05) is 30.3 Å². The van der Waals surface area contributed by atoms with E-state index in [4.69, 9.17) is 46.4 Å². The third-order valence-corrected chi connectivity index (χ3v) is 4.57. The summed E-state index contributed by atoms with van der Waals surface area (Å²) in [4.78, 5) is 4.40. The maximum Gasteiger partial charge on any atom is 0.0702 e. The zero-order valence-corrected chi connectivity index (χ0v) is 13.0. The van der Waals surface area contributed by atoms with Crippen molar-refractivity contribution in [2.45, 2.75) is 0 Å². The van der Waals surface area contributed by atoms with Crippen LogP contribution in [0, 0.1) is 0 Å². The molecule has 2 aromatic carbocycles. The molecule has 0 bridgehead atoms. The molecular formula is C15H7Cl4N. The second kappa shape index (κ2) is 5.42. The number of fused-ring (bicyclic) bond motifs is 1. The summed E-state index contributed by atoms with van der Waals surface area (Å²) in [5.74, 6) is 0. The van der Waals surface area contributed by atoms with E-state index >= 15 is 0 Å². The van der Waals surface area contributed by atoms with Gasteiger partial charge in [-0.1, -0.05) is 64.6 Å². The summed E-state index contributed by atoms with van der Waals surface area (Å²) in [6, 6.07) is 11.3. The molecule has 1 heterocycles. The summed E-state index contributed by atoms with van der Waals surface area (Å²) in [5, 5.41) is 2.47. The quantitative estimate of drug-likeness (QED) is 0.459. The van der Waals surface area contributed by atoms with Gasteiger partial charge < -0.3 is 0 Å². The van der Waals surface area contributed by atoms with Gasteiger partial charge in [-0.25, -0.2) is 0 Å². The van der Waals surface area contributed by atoms with Crippen LogP contribution in [0.25, 0.3) is 22.0 Å². The Balaban J connectivity index is 2.30. The summed E-state index contributed by atoms with van der Waals surface area (Å²) >= 11 is 24.6. The van der Waals surface area contributed by atoms with Crippen LogP contribution < -0.4 is 0 Å². The van der Waals surface area contributed by atoms with Gasteiger partial charge in [0.2, 0.25) is 0 Å². The van der Waals surface area contributed by atoms with Crippen molar-refractivity contribution in [3.05, 3.63) is 62.7 Å². The number of nitrogens with zero attached hydrogens (tertiary/aromatic N) is 1. The predicted octanol–water partition coefficient (Wildman–Crippen LogP) is 6.52. The van der Waals surface area contributed by atoms with Crippen molar-refractivity contribution >= 4 is 57.3 Å². The first kappa shape index (κ1) is 14.0. The molecule has 0 saturated carbocycles. The fourth-order valence-corrected chi connectivity index (χ4v) is 3.06. The molecule has 0 radical (unpaired) electrons. The highest BCUT2D eigenvalue weighted by Crippen LogP contribution is 2.43. The Morgan fingerprint density at radius 2 is 1.45 bits per heavy atom. The summed E-state index contributed by atoms with van der Waals surface area (Å²) in [7, 11) is 0. The molecule has 0 N–H and O–H groups in total. The molecule has 0 atom stereocenters. The number of hydrogen-bond acceptors (Lipinski definition) is 1. The number of para-hydroxylation sites is 1. The predicted molar refractivity (Wildman–Crippen MR) is 87.2 cm³/mol. The van der Waals surface area contributed by atoms with Gasteiger partial charge in [-0.2, -0.15) is 0 Å². The Kier molecular flexibility index (Phi) is 3.78. The Hall–Kier alpha value is -0.990. The SMILES string of the molecule is Clc1cc(Cl)c(Cl)c(-c2cnc3ccccc3c2)c1Cl. The van der Waals surface area contributed by atoms with Gasteiger partial charge in [0.25, 0.3) is 0 Å². The van der Waals surface area contributed by atoms with Crippen LogP contribution in [0.15, 0.2) is 42.6 Å². The van der Waals surface area contributed by atoms with Crippen LogP contribution in [-0.2, 0) is 0 Å². The summed E-state index contributed by atoms with van der Waals surface area (Å²) in [6.07, 6.45) is 1.71. The lowest BCUT2D eigenvalue weighted by Crippen LogP contribution is -1.87. The molecule has 0 aliphatic carbocycles. The number of halogens is 4. The van der Waals surface area contributed by atoms with Crippen molar-refractivity contribution in [3.63, 3.8) is 0 Å². The highest BCUT2D eigenvalue weighted by atomic mass is 35.5. The first-order valence-corrected chi connectivity index (χ1v) is 7.27. The lowest BCUT2D eigenvalue weighted by atomic mass is 10.1. The summed E-state index contributed by atoms with van der Waals surface area (Å²) in [5.41, 5.74) is 2.28. The van der Waals surface area contributed by atoms with Gasteiger partial charge >= 0.3 is 0 Å². The number of aromatic nitrogens is 1. The highest BCUT2D eigenvalue weighted by molar-refractivity contribution is 6.50. The van der Waals surface area contributed by atoms with E-state index in [-0.39, 0.29) is 0 Å². The molecule has 5 heteroatoms. The Morgan fingerprint density at radius 3 is 2.15 bits per heavy atom. The zero-order chi connectivity index (χ0) is 14.3. The standard InChI is InChI=1S/C15H7Cl4N/c16-10-6-11(17)15(19)13(14(10)18)9-5-8-3-1-2-4-12(8)20-7-9/h1-7H. The molecule has 20 heavy (non-hydrogen) atoms. The second-order valence-corrected chi connectivity index (χ2v) is 5.83. The van der Waals surface area contributed by atoms with E-state index in [9.17, 15) is 0 Å². The fraction of sp³-hybridized carbons (Fsp3) is 0. The lowest BCUT2D eigenvalue weighted by Gasteiger charge is -2.11. The van der Waals surface area contributed by atoms with Gasteiger partial charge in [-0.15, -0.1) is 0 Å². The normalized spacial score (nSPS) is 11.0. The van der Waals surface area contributed by atoms with Crippen molar-refractivity contribution in [2.75, 3.05) is 0 Å². The average molecular weight is 343 g/mol. The summed E-state index contributed by atoms with van der Waals surface area (Å²) in [6.45, 7) is 0. The Bertz CT molecular complexity index is 788. The molecule has 3 rings (SSSR count). The molecule has 0 spiro atoms. The van der Waals surface area contributed by atoms with Crippen molar-refractivity contribution in [2.24, 2.45) is 0 Å². The zero-order valence-electron chi connectivity index (χ0n) is 10.0. The number of hydrogen-bond donors (Lipinski definition) is 0. The maximum absolute atomic E-state index is 6.25. The minimum Gasteiger partial charge on any atom is -0.256 e. The van der Waals surface area contributed by atoms with Crippen LogP contribution in [0.3, 0.4) is 0 Å². The van der Waals surface area contributed by atoms with Crippen molar-refractivity contribution in [1.82, 2.24) is 4.98 Å². The van der Waals surface area contributed by atoms with Crippen molar-refractivity contribution < 1.29 is 0 Å². The maximum atomic E-state index is 6.25. The van der Waals surface area contributed by atoms with Crippen LogP contribution in [0.4, 0.5) is 0 Å². The topological polar surface area (TPSA) is 12.9 Å². The molecule has 0 aliphatic heterocycles. The second-order valence-electron chi connectivity index (χ2n) is 4.26. The smallest absolute Gasteiger partial charge is 0.0702 e. The molecule has 0 fully saturated rings. The van der Waals surface area contributed by atoms with E-state index in [2.05, 4.69) is 4.98 Å². The van der Waals surface area contributed by atoms with Crippen LogP contribution in [0.2, 0.25) is 20.1 Å².